The third-order valence-electron chi connectivity index (χ3n) is 12.9. The molecular formula is C65H112O6. The maximum Gasteiger partial charge on any atom is 0.306 e. The zero-order valence-corrected chi connectivity index (χ0v) is 46.7. The summed E-state index contributed by atoms with van der Waals surface area (Å²) in [5, 5.41) is 0. The van der Waals surface area contributed by atoms with E-state index in [0.29, 0.717) is 19.3 Å². The molecule has 0 aliphatic carbocycles. The Morgan fingerprint density at radius 3 is 0.873 bits per heavy atom. The van der Waals surface area contributed by atoms with E-state index in [1.54, 1.807) is 0 Å². The van der Waals surface area contributed by atoms with Gasteiger partial charge in [0.05, 0.1) is 0 Å². The Hall–Kier alpha value is -3.41. The normalized spacial score (nSPS) is 12.7. The van der Waals surface area contributed by atoms with Gasteiger partial charge in [0.25, 0.3) is 0 Å². The fourth-order valence-corrected chi connectivity index (χ4v) is 8.38. The molecule has 0 bridgehead atoms. The molecule has 0 aliphatic heterocycles. The van der Waals surface area contributed by atoms with Crippen molar-refractivity contribution in [2.45, 2.75) is 297 Å². The first-order chi connectivity index (χ1) is 35.0. The standard InChI is InChI=1S/C65H112O6/c1-4-7-10-13-16-19-22-24-26-28-29-30-31-32-33-34-35-37-38-40-43-46-49-52-55-58-64(67)70-61-62(60-69-63(66)57-54-51-48-45-42-21-18-15-12-9-6-3)71-65(68)59-56-53-50-47-44-41-39-36-27-25-23-20-17-14-11-8-5-2/h7,10,16,19,24-27,29-30,32-33,35,37,62H,4-6,8-9,11-15,17-18,20-23,28,31,34,36,38-61H2,1-3H3/b10-7-,19-16-,26-24-,27-25-,30-29-,33-32-,37-35-. The molecule has 0 spiro atoms. The van der Waals surface area contributed by atoms with Gasteiger partial charge in [0.2, 0.25) is 0 Å². The molecule has 0 saturated heterocycles. The Morgan fingerprint density at radius 2 is 0.549 bits per heavy atom. The molecule has 1 unspecified atom stereocenters. The van der Waals surface area contributed by atoms with E-state index in [-0.39, 0.29) is 31.1 Å². The van der Waals surface area contributed by atoms with Crippen LogP contribution in [0.25, 0.3) is 0 Å². The van der Waals surface area contributed by atoms with Gasteiger partial charge in [-0.05, 0) is 96.3 Å². The summed E-state index contributed by atoms with van der Waals surface area (Å²) in [5.41, 5.74) is 0. The lowest BCUT2D eigenvalue weighted by Gasteiger charge is -2.18. The number of unbranched alkanes of at least 4 members (excludes halogenated alkanes) is 29. The number of esters is 3. The van der Waals surface area contributed by atoms with Gasteiger partial charge in [-0.2, -0.15) is 0 Å². The summed E-state index contributed by atoms with van der Waals surface area (Å²) in [6.45, 7) is 6.52. The molecule has 0 aromatic carbocycles. The van der Waals surface area contributed by atoms with Crippen molar-refractivity contribution in [2.24, 2.45) is 0 Å². The third-order valence-corrected chi connectivity index (χ3v) is 12.9. The average Bonchev–Trinajstić information content (AvgIpc) is 3.37. The molecule has 1 atom stereocenters. The van der Waals surface area contributed by atoms with Crippen molar-refractivity contribution in [2.75, 3.05) is 13.2 Å². The van der Waals surface area contributed by atoms with E-state index in [9.17, 15) is 14.4 Å². The first-order valence-electron chi connectivity index (χ1n) is 30.1. The lowest BCUT2D eigenvalue weighted by atomic mass is 10.1. The number of allylic oxidation sites excluding steroid dienone is 14. The van der Waals surface area contributed by atoms with Gasteiger partial charge in [-0.15, -0.1) is 0 Å². The minimum atomic E-state index is -0.784. The molecule has 6 nitrogen and oxygen atoms in total. The van der Waals surface area contributed by atoms with E-state index in [1.807, 2.05) is 0 Å². The minimum absolute atomic E-state index is 0.0807. The van der Waals surface area contributed by atoms with Crippen molar-refractivity contribution in [3.05, 3.63) is 85.1 Å². The summed E-state index contributed by atoms with van der Waals surface area (Å²) in [6.07, 6.45) is 77.2. The van der Waals surface area contributed by atoms with Crippen LogP contribution in [0.1, 0.15) is 290 Å². The Morgan fingerprint density at radius 1 is 0.296 bits per heavy atom. The van der Waals surface area contributed by atoms with E-state index < -0.39 is 6.10 Å². The van der Waals surface area contributed by atoms with Crippen LogP contribution in [0.3, 0.4) is 0 Å². The highest BCUT2D eigenvalue weighted by atomic mass is 16.6. The lowest BCUT2D eigenvalue weighted by molar-refractivity contribution is -0.167. The lowest BCUT2D eigenvalue weighted by Crippen LogP contribution is -2.30. The van der Waals surface area contributed by atoms with E-state index in [0.717, 1.165) is 109 Å². The highest BCUT2D eigenvalue weighted by molar-refractivity contribution is 5.71. The Balaban J connectivity index is 4.33. The summed E-state index contributed by atoms with van der Waals surface area (Å²) in [6, 6.07) is 0. The van der Waals surface area contributed by atoms with E-state index >= 15 is 0 Å². The first-order valence-corrected chi connectivity index (χ1v) is 30.1. The van der Waals surface area contributed by atoms with Gasteiger partial charge in [0.1, 0.15) is 13.2 Å². The third kappa shape index (κ3) is 57.4. The van der Waals surface area contributed by atoms with Crippen LogP contribution in [-0.4, -0.2) is 37.2 Å². The van der Waals surface area contributed by atoms with Gasteiger partial charge in [-0.1, -0.05) is 260 Å². The number of hydrogen-bond donors (Lipinski definition) is 0. The van der Waals surface area contributed by atoms with Crippen LogP contribution in [0.15, 0.2) is 85.1 Å². The largest absolute Gasteiger partial charge is 0.462 e. The van der Waals surface area contributed by atoms with Crippen molar-refractivity contribution in [1.29, 1.82) is 0 Å². The van der Waals surface area contributed by atoms with E-state index in [2.05, 4.69) is 106 Å². The molecule has 0 aliphatic rings. The molecule has 0 heterocycles. The second-order valence-electron chi connectivity index (χ2n) is 19.9. The number of rotatable bonds is 54. The van der Waals surface area contributed by atoms with Crippen molar-refractivity contribution < 1.29 is 28.6 Å². The summed E-state index contributed by atoms with van der Waals surface area (Å²) < 4.78 is 16.9. The maximum atomic E-state index is 12.9. The number of hydrogen-bond acceptors (Lipinski definition) is 6. The van der Waals surface area contributed by atoms with Crippen LogP contribution in [0.5, 0.6) is 0 Å². The molecule has 0 radical (unpaired) electrons. The first kappa shape index (κ1) is 67.6. The summed E-state index contributed by atoms with van der Waals surface area (Å²) in [7, 11) is 0. The molecule has 0 saturated carbocycles. The topological polar surface area (TPSA) is 78.9 Å². The van der Waals surface area contributed by atoms with Crippen LogP contribution in [-0.2, 0) is 28.6 Å². The molecule has 71 heavy (non-hydrogen) atoms. The van der Waals surface area contributed by atoms with Gasteiger partial charge in [-0.3, -0.25) is 14.4 Å². The Labute approximate surface area is 439 Å². The van der Waals surface area contributed by atoms with Gasteiger partial charge >= 0.3 is 17.9 Å². The molecular weight excluding hydrogens is 877 g/mol. The Bertz CT molecular complexity index is 1370. The second kappa shape index (κ2) is 59.2. The van der Waals surface area contributed by atoms with Crippen LogP contribution < -0.4 is 0 Å². The number of carbonyl (C=O) groups is 3. The van der Waals surface area contributed by atoms with Crippen molar-refractivity contribution in [3.8, 4) is 0 Å². The fourth-order valence-electron chi connectivity index (χ4n) is 8.38. The molecule has 0 fully saturated rings. The zero-order chi connectivity index (χ0) is 51.4. The fraction of sp³-hybridized carbons (Fsp3) is 0.738. The molecule has 0 amide bonds. The quantitative estimate of drug-likeness (QED) is 0.0261. The molecule has 0 N–H and O–H groups in total. The second-order valence-corrected chi connectivity index (χ2v) is 19.9. The molecule has 6 heteroatoms. The van der Waals surface area contributed by atoms with Crippen LogP contribution in [0.2, 0.25) is 0 Å². The minimum Gasteiger partial charge on any atom is -0.462 e. The molecule has 0 aromatic rings. The Kier molecular flexibility index (Phi) is 56.3. The van der Waals surface area contributed by atoms with Gasteiger partial charge in [0, 0.05) is 19.3 Å². The zero-order valence-electron chi connectivity index (χ0n) is 46.7. The summed E-state index contributed by atoms with van der Waals surface area (Å²) in [5.74, 6) is -0.893. The summed E-state index contributed by atoms with van der Waals surface area (Å²) in [4.78, 5) is 38.2. The highest BCUT2D eigenvalue weighted by Gasteiger charge is 2.19. The van der Waals surface area contributed by atoms with Crippen molar-refractivity contribution in [3.63, 3.8) is 0 Å². The van der Waals surface area contributed by atoms with E-state index in [1.165, 1.54) is 141 Å². The van der Waals surface area contributed by atoms with Crippen LogP contribution >= 0.6 is 0 Å². The number of carbonyl (C=O) groups excluding carboxylic acids is 3. The van der Waals surface area contributed by atoms with Gasteiger partial charge < -0.3 is 14.2 Å². The average molecular weight is 990 g/mol. The smallest absolute Gasteiger partial charge is 0.306 e. The number of ether oxygens (including phenoxy) is 3. The van der Waals surface area contributed by atoms with Crippen molar-refractivity contribution >= 4 is 17.9 Å². The van der Waals surface area contributed by atoms with Gasteiger partial charge in [0.15, 0.2) is 6.10 Å². The highest BCUT2D eigenvalue weighted by Crippen LogP contribution is 2.15. The summed E-state index contributed by atoms with van der Waals surface area (Å²) >= 11 is 0. The molecule has 0 aromatic heterocycles. The monoisotopic (exact) mass is 989 g/mol. The predicted molar refractivity (Wildman–Crippen MR) is 307 cm³/mol. The van der Waals surface area contributed by atoms with E-state index in [4.69, 9.17) is 14.2 Å². The van der Waals surface area contributed by atoms with Crippen molar-refractivity contribution in [1.82, 2.24) is 0 Å². The van der Waals surface area contributed by atoms with Crippen LogP contribution in [0, 0.1) is 0 Å². The maximum absolute atomic E-state index is 12.9. The van der Waals surface area contributed by atoms with Crippen LogP contribution in [0.4, 0.5) is 0 Å². The SMILES string of the molecule is CC/C=C\C/C=C\C/C=C\C/C=C\C/C=C\C/C=C\CCCCCCCCC(=O)OCC(COC(=O)CCCCCCCCCCCCC)OC(=O)CCCCCCCCC/C=C\CCCCCCCC. The van der Waals surface area contributed by atoms with Gasteiger partial charge in [-0.25, -0.2) is 0 Å². The molecule has 408 valence electrons. The molecule has 0 rings (SSSR count). The predicted octanol–water partition coefficient (Wildman–Crippen LogP) is 20.3.